The van der Waals surface area contributed by atoms with Gasteiger partial charge in [-0.1, -0.05) is 54.1 Å². The van der Waals surface area contributed by atoms with Crippen LogP contribution in [0, 0.1) is 0 Å². The summed E-state index contributed by atoms with van der Waals surface area (Å²) >= 11 is 6.22. The molecule has 1 aliphatic carbocycles. The summed E-state index contributed by atoms with van der Waals surface area (Å²) in [7, 11) is 0. The first-order valence-electron chi connectivity index (χ1n) is 12.1. The van der Waals surface area contributed by atoms with Crippen LogP contribution in [0.2, 0.25) is 5.02 Å². The monoisotopic (exact) mass is 509 g/mol. The lowest BCUT2D eigenvalue weighted by Gasteiger charge is -2.34. The summed E-state index contributed by atoms with van der Waals surface area (Å²) in [4.78, 5) is 29.5. The molecule has 2 atom stereocenters. The van der Waals surface area contributed by atoms with Gasteiger partial charge in [-0.15, -0.1) is 0 Å². The van der Waals surface area contributed by atoms with Gasteiger partial charge in [-0.25, -0.2) is 4.79 Å². The Morgan fingerprint density at radius 2 is 1.68 bits per heavy atom. The maximum absolute atomic E-state index is 14.0. The number of anilines is 3. The van der Waals surface area contributed by atoms with E-state index >= 15 is 0 Å². The van der Waals surface area contributed by atoms with Gasteiger partial charge in [0.1, 0.15) is 5.76 Å². The van der Waals surface area contributed by atoms with Crippen molar-refractivity contribution < 1.29 is 14.0 Å². The Hall–Kier alpha value is -4.29. The number of carbonyl (C=O) groups is 2. The number of allylic oxidation sites excluding steroid dienone is 1. The van der Waals surface area contributed by atoms with Crippen LogP contribution < -0.4 is 15.5 Å². The molecule has 3 aromatic carbocycles. The number of furan rings is 1. The fourth-order valence-corrected chi connectivity index (χ4v) is 5.33. The highest BCUT2D eigenvalue weighted by atomic mass is 35.5. The van der Waals surface area contributed by atoms with Gasteiger partial charge in [-0.3, -0.25) is 9.69 Å². The lowest BCUT2D eigenvalue weighted by atomic mass is 9.80. The number of hydrogen-bond donors (Lipinski definition) is 2. The van der Waals surface area contributed by atoms with Crippen molar-refractivity contribution in [2.45, 2.75) is 24.8 Å². The quantitative estimate of drug-likeness (QED) is 0.299. The van der Waals surface area contributed by atoms with Crippen LogP contribution in [0.5, 0.6) is 0 Å². The lowest BCUT2D eigenvalue weighted by Crippen LogP contribution is -2.41. The van der Waals surface area contributed by atoms with Crippen molar-refractivity contribution >= 4 is 40.5 Å². The highest BCUT2D eigenvalue weighted by molar-refractivity contribution is 6.30. The van der Waals surface area contributed by atoms with Crippen molar-refractivity contribution in [1.82, 2.24) is 0 Å². The van der Waals surface area contributed by atoms with Gasteiger partial charge in [0.15, 0.2) is 5.78 Å². The predicted molar refractivity (Wildman–Crippen MR) is 145 cm³/mol. The molecule has 2 heterocycles. The molecular weight excluding hydrogens is 486 g/mol. The van der Waals surface area contributed by atoms with Crippen molar-refractivity contribution in [3.05, 3.63) is 125 Å². The Morgan fingerprint density at radius 3 is 2.43 bits per heavy atom. The molecule has 2 amide bonds. The van der Waals surface area contributed by atoms with Crippen LogP contribution in [-0.4, -0.2) is 11.8 Å². The summed E-state index contributed by atoms with van der Waals surface area (Å²) in [6.45, 7) is 0. The Bertz CT molecular complexity index is 1480. The van der Waals surface area contributed by atoms with E-state index in [0.717, 1.165) is 22.7 Å². The molecule has 1 aliphatic heterocycles. The average Bonchev–Trinajstić information content (AvgIpc) is 3.40. The van der Waals surface area contributed by atoms with Crippen LogP contribution in [-0.2, 0) is 4.79 Å². The summed E-state index contributed by atoms with van der Waals surface area (Å²) in [6.07, 6.45) is 2.51. The summed E-state index contributed by atoms with van der Waals surface area (Å²) in [6, 6.07) is 27.0. The van der Waals surface area contributed by atoms with E-state index in [-0.39, 0.29) is 17.7 Å². The van der Waals surface area contributed by atoms with Gasteiger partial charge in [0, 0.05) is 34.3 Å². The van der Waals surface area contributed by atoms with E-state index in [2.05, 4.69) is 10.6 Å². The number of hydrogen-bond acceptors (Lipinski definition) is 4. The number of benzene rings is 3. The molecule has 2 aliphatic rings. The molecule has 7 heteroatoms. The number of carbonyl (C=O) groups excluding carboxylic acids is 2. The number of amides is 2. The van der Waals surface area contributed by atoms with Gasteiger partial charge in [-0.05, 0) is 60.5 Å². The van der Waals surface area contributed by atoms with Crippen molar-refractivity contribution in [2.24, 2.45) is 0 Å². The van der Waals surface area contributed by atoms with Crippen molar-refractivity contribution in [3.8, 4) is 0 Å². The number of ketones is 1. The molecule has 0 saturated heterocycles. The second kappa shape index (κ2) is 9.64. The molecule has 184 valence electrons. The van der Waals surface area contributed by atoms with Gasteiger partial charge in [0.05, 0.1) is 23.7 Å². The van der Waals surface area contributed by atoms with Crippen LogP contribution in [0.15, 0.2) is 113 Å². The molecule has 0 spiro atoms. The second-order valence-electron chi connectivity index (χ2n) is 9.20. The van der Waals surface area contributed by atoms with Crippen LogP contribution in [0.25, 0.3) is 0 Å². The van der Waals surface area contributed by atoms with E-state index in [4.69, 9.17) is 16.0 Å². The normalized spacial score (nSPS) is 18.9. The van der Waals surface area contributed by atoms with E-state index < -0.39 is 6.04 Å². The Morgan fingerprint density at radius 1 is 0.919 bits per heavy atom. The summed E-state index contributed by atoms with van der Waals surface area (Å²) < 4.78 is 5.66. The van der Waals surface area contributed by atoms with Crippen LogP contribution in [0.4, 0.5) is 21.9 Å². The zero-order valence-corrected chi connectivity index (χ0v) is 20.6. The number of halogens is 1. The Kier molecular flexibility index (Phi) is 6.02. The summed E-state index contributed by atoms with van der Waals surface area (Å²) in [5.41, 5.74) is 4.25. The molecule has 0 unspecified atom stereocenters. The molecule has 0 radical (unpaired) electrons. The molecule has 37 heavy (non-hydrogen) atoms. The van der Waals surface area contributed by atoms with Crippen molar-refractivity contribution in [2.75, 3.05) is 15.5 Å². The molecular formula is C30H24ClN3O3. The average molecular weight is 510 g/mol. The minimum Gasteiger partial charge on any atom is -0.469 e. The Labute approximate surface area is 219 Å². The van der Waals surface area contributed by atoms with E-state index in [1.54, 1.807) is 23.3 Å². The molecule has 1 aromatic heterocycles. The molecule has 0 fully saturated rings. The zero-order chi connectivity index (χ0) is 25.4. The van der Waals surface area contributed by atoms with Crippen molar-refractivity contribution in [1.29, 1.82) is 0 Å². The summed E-state index contributed by atoms with van der Waals surface area (Å²) in [5.74, 6) is 0.665. The lowest BCUT2D eigenvalue weighted by molar-refractivity contribution is -0.116. The third-order valence-electron chi connectivity index (χ3n) is 6.86. The number of rotatable bonds is 3. The maximum atomic E-state index is 14.0. The number of nitrogens with zero attached hydrogens (tertiary/aromatic N) is 1. The van der Waals surface area contributed by atoms with Gasteiger partial charge >= 0.3 is 6.03 Å². The van der Waals surface area contributed by atoms with Crippen LogP contribution in [0.3, 0.4) is 0 Å². The van der Waals surface area contributed by atoms with Crippen LogP contribution in [0.1, 0.15) is 36.1 Å². The van der Waals surface area contributed by atoms with Crippen molar-refractivity contribution in [3.63, 3.8) is 0 Å². The first-order chi connectivity index (χ1) is 18.1. The third kappa shape index (κ3) is 4.41. The fraction of sp³-hybridized carbons (Fsp3) is 0.133. The minimum absolute atomic E-state index is 0.0274. The predicted octanol–water partition coefficient (Wildman–Crippen LogP) is 7.54. The maximum Gasteiger partial charge on any atom is 0.327 e. The number of urea groups is 1. The number of para-hydroxylation sites is 3. The molecule has 6 nitrogen and oxygen atoms in total. The molecule has 6 rings (SSSR count). The van der Waals surface area contributed by atoms with Gasteiger partial charge < -0.3 is 15.1 Å². The SMILES string of the molecule is O=C1C[C@@H](c2ccco2)CC2=C1[C@H](c1ccc(Cl)cc1)N(C(=O)Nc1ccccc1)c1ccccc1N2. The molecule has 0 bridgehead atoms. The second-order valence-corrected chi connectivity index (χ2v) is 9.63. The Balaban J connectivity index is 1.52. The van der Waals surface area contributed by atoms with E-state index in [1.165, 1.54) is 0 Å². The highest BCUT2D eigenvalue weighted by Gasteiger charge is 2.42. The first-order valence-corrected chi connectivity index (χ1v) is 12.5. The topological polar surface area (TPSA) is 74.6 Å². The highest BCUT2D eigenvalue weighted by Crippen LogP contribution is 2.47. The van der Waals surface area contributed by atoms with E-state index in [1.807, 2.05) is 78.9 Å². The summed E-state index contributed by atoms with van der Waals surface area (Å²) in [5, 5.41) is 7.11. The number of nitrogens with one attached hydrogen (secondary N) is 2. The largest absolute Gasteiger partial charge is 0.469 e. The van der Waals surface area contributed by atoms with Crippen LogP contribution >= 0.6 is 11.6 Å². The molecule has 0 saturated carbocycles. The fourth-order valence-electron chi connectivity index (χ4n) is 5.20. The molecule has 2 N–H and O–H groups in total. The number of fused-ring (bicyclic) bond motifs is 1. The third-order valence-corrected chi connectivity index (χ3v) is 7.12. The number of Topliss-reactive ketones (excluding diaryl/α,β-unsaturated/α-hetero) is 1. The first kappa shape index (κ1) is 23.1. The standard InChI is InChI=1S/C30H24ClN3O3/c31-21-14-12-19(13-15-21)29-28-24(17-20(18-26(28)35)27-11-6-16-37-27)33-23-9-4-5-10-25(23)34(29)30(36)32-22-7-2-1-3-8-22/h1-16,20,29,33H,17-18H2,(H,32,36)/t20-,29-/m0/s1. The van der Waals surface area contributed by atoms with Gasteiger partial charge in [0.2, 0.25) is 0 Å². The zero-order valence-electron chi connectivity index (χ0n) is 19.9. The van der Waals surface area contributed by atoms with Gasteiger partial charge in [0.25, 0.3) is 0 Å². The van der Waals surface area contributed by atoms with E-state index in [0.29, 0.717) is 34.8 Å². The minimum atomic E-state index is -0.655. The van der Waals surface area contributed by atoms with Gasteiger partial charge in [-0.2, -0.15) is 0 Å². The smallest absolute Gasteiger partial charge is 0.327 e. The molecule has 4 aromatic rings. The van der Waals surface area contributed by atoms with E-state index in [9.17, 15) is 9.59 Å².